The Morgan fingerprint density at radius 1 is 1.31 bits per heavy atom. The molecule has 1 aromatic rings. The summed E-state index contributed by atoms with van der Waals surface area (Å²) in [6.07, 6.45) is 2.43. The lowest BCUT2D eigenvalue weighted by atomic mass is 10.1. The Balaban J connectivity index is 1.61. The minimum absolute atomic E-state index is 0.644. The van der Waals surface area contributed by atoms with E-state index < -0.39 is 0 Å². The van der Waals surface area contributed by atoms with Crippen LogP contribution in [0.2, 0.25) is 0 Å². The van der Waals surface area contributed by atoms with Crippen LogP contribution in [0.15, 0.2) is 30.3 Å². The summed E-state index contributed by atoms with van der Waals surface area (Å²) in [7, 11) is 0. The molecular weight excluding hydrogens is 214 g/mol. The highest BCUT2D eigenvalue weighted by Gasteiger charge is 2.18. The van der Waals surface area contributed by atoms with E-state index in [9.17, 15) is 0 Å². The lowest BCUT2D eigenvalue weighted by Gasteiger charge is -2.26. The summed E-state index contributed by atoms with van der Waals surface area (Å²) in [4.78, 5) is 0. The zero-order valence-electron chi connectivity index (χ0n) is 9.99. The molecule has 1 heterocycles. The van der Waals surface area contributed by atoms with E-state index in [1.54, 1.807) is 0 Å². The maximum absolute atomic E-state index is 3.64. The van der Waals surface area contributed by atoms with E-state index in [2.05, 4.69) is 54.3 Å². The predicted molar refractivity (Wildman–Crippen MR) is 73.0 cm³/mol. The number of hydrogen-bond acceptors (Lipinski definition) is 2. The Labute approximate surface area is 103 Å². The van der Waals surface area contributed by atoms with Gasteiger partial charge in [-0.25, -0.2) is 0 Å². The Morgan fingerprint density at radius 3 is 2.69 bits per heavy atom. The van der Waals surface area contributed by atoms with Gasteiger partial charge in [0.1, 0.15) is 0 Å². The molecule has 1 N–H and O–H groups in total. The minimum Gasteiger partial charge on any atom is -0.314 e. The molecule has 0 bridgehead atoms. The van der Waals surface area contributed by atoms with Crippen LogP contribution in [-0.4, -0.2) is 24.1 Å². The predicted octanol–water partition coefficient (Wildman–Crippen LogP) is 2.96. The highest BCUT2D eigenvalue weighted by atomic mass is 32.2. The molecule has 1 fully saturated rings. The fourth-order valence-electron chi connectivity index (χ4n) is 1.90. The Hall–Kier alpha value is -0.470. The Morgan fingerprint density at radius 2 is 2.06 bits per heavy atom. The molecule has 1 unspecified atom stereocenters. The number of nitrogens with one attached hydrogen (secondary N) is 1. The number of hydrogen-bond donors (Lipinski definition) is 1. The first-order chi connectivity index (χ1) is 7.84. The van der Waals surface area contributed by atoms with E-state index in [0.717, 1.165) is 5.92 Å². The summed E-state index contributed by atoms with van der Waals surface area (Å²) < 4.78 is 0. The van der Waals surface area contributed by atoms with Crippen molar-refractivity contribution in [2.24, 2.45) is 5.92 Å². The third-order valence-corrected chi connectivity index (χ3v) is 4.59. The van der Waals surface area contributed by atoms with Crippen LogP contribution in [0.5, 0.6) is 0 Å². The smallest absolute Gasteiger partial charge is 0.00420 e. The monoisotopic (exact) mass is 235 g/mol. The quantitative estimate of drug-likeness (QED) is 0.813. The number of benzene rings is 1. The second-order valence-electron chi connectivity index (χ2n) is 4.74. The first-order valence-corrected chi connectivity index (χ1v) is 7.35. The molecular formula is C14H21NS. The van der Waals surface area contributed by atoms with Gasteiger partial charge in [-0.05, 0) is 49.3 Å². The van der Waals surface area contributed by atoms with Gasteiger partial charge in [0.2, 0.25) is 0 Å². The van der Waals surface area contributed by atoms with Crippen molar-refractivity contribution in [2.45, 2.75) is 25.8 Å². The van der Waals surface area contributed by atoms with Crippen molar-refractivity contribution in [3.63, 3.8) is 0 Å². The van der Waals surface area contributed by atoms with Gasteiger partial charge in [0.25, 0.3) is 0 Å². The highest BCUT2D eigenvalue weighted by Crippen LogP contribution is 2.23. The van der Waals surface area contributed by atoms with Gasteiger partial charge in [0.15, 0.2) is 0 Å². The third kappa shape index (κ3) is 3.84. The van der Waals surface area contributed by atoms with Crippen LogP contribution in [0.1, 0.15) is 18.9 Å². The average molecular weight is 235 g/mol. The van der Waals surface area contributed by atoms with E-state index in [0.29, 0.717) is 6.04 Å². The van der Waals surface area contributed by atoms with Gasteiger partial charge in [0, 0.05) is 6.04 Å². The van der Waals surface area contributed by atoms with Crippen molar-refractivity contribution in [3.05, 3.63) is 35.9 Å². The van der Waals surface area contributed by atoms with Crippen molar-refractivity contribution in [1.29, 1.82) is 0 Å². The van der Waals surface area contributed by atoms with Crippen molar-refractivity contribution in [2.75, 3.05) is 18.1 Å². The summed E-state index contributed by atoms with van der Waals surface area (Å²) in [5, 5.41) is 3.64. The second kappa shape index (κ2) is 6.31. The van der Waals surface area contributed by atoms with Gasteiger partial charge < -0.3 is 5.32 Å². The standard InChI is InChI=1S/C14H21NS/c1-12(15-9-14-10-16-11-14)7-8-13-5-3-2-4-6-13/h2-6,12,14-15H,7-11H2,1H3. The summed E-state index contributed by atoms with van der Waals surface area (Å²) in [5.41, 5.74) is 1.45. The van der Waals surface area contributed by atoms with Crippen LogP contribution >= 0.6 is 11.8 Å². The summed E-state index contributed by atoms with van der Waals surface area (Å²) in [5.74, 6) is 3.65. The van der Waals surface area contributed by atoms with Crippen LogP contribution in [-0.2, 0) is 6.42 Å². The molecule has 0 aromatic heterocycles. The fourth-order valence-corrected chi connectivity index (χ4v) is 2.70. The van der Waals surface area contributed by atoms with Gasteiger partial charge in [0.05, 0.1) is 0 Å². The third-order valence-electron chi connectivity index (χ3n) is 3.17. The van der Waals surface area contributed by atoms with Crippen LogP contribution in [0.3, 0.4) is 0 Å². The zero-order valence-corrected chi connectivity index (χ0v) is 10.8. The van der Waals surface area contributed by atoms with Crippen molar-refractivity contribution in [1.82, 2.24) is 5.32 Å². The van der Waals surface area contributed by atoms with Gasteiger partial charge >= 0.3 is 0 Å². The molecule has 1 aromatic carbocycles. The maximum atomic E-state index is 3.64. The molecule has 0 saturated carbocycles. The molecule has 1 saturated heterocycles. The summed E-state index contributed by atoms with van der Waals surface area (Å²) >= 11 is 2.07. The van der Waals surface area contributed by atoms with Gasteiger partial charge in [-0.15, -0.1) is 0 Å². The van der Waals surface area contributed by atoms with E-state index in [1.165, 1.54) is 36.5 Å². The molecule has 16 heavy (non-hydrogen) atoms. The molecule has 1 aliphatic rings. The van der Waals surface area contributed by atoms with Crippen molar-refractivity contribution >= 4 is 11.8 Å². The lowest BCUT2D eigenvalue weighted by Crippen LogP contribution is -2.36. The number of aryl methyl sites for hydroxylation is 1. The molecule has 0 amide bonds. The van der Waals surface area contributed by atoms with Crippen LogP contribution in [0.4, 0.5) is 0 Å². The van der Waals surface area contributed by atoms with Crippen molar-refractivity contribution < 1.29 is 0 Å². The molecule has 1 atom stereocenters. The summed E-state index contributed by atoms with van der Waals surface area (Å²) in [6, 6.07) is 11.4. The van der Waals surface area contributed by atoms with Crippen LogP contribution < -0.4 is 5.32 Å². The molecule has 1 aliphatic heterocycles. The molecule has 2 rings (SSSR count). The molecule has 2 heteroatoms. The molecule has 0 aliphatic carbocycles. The topological polar surface area (TPSA) is 12.0 Å². The number of thioether (sulfide) groups is 1. The Bertz CT molecular complexity index is 295. The first-order valence-electron chi connectivity index (χ1n) is 6.19. The van der Waals surface area contributed by atoms with Crippen LogP contribution in [0, 0.1) is 5.92 Å². The highest BCUT2D eigenvalue weighted by molar-refractivity contribution is 8.00. The lowest BCUT2D eigenvalue weighted by molar-refractivity contribution is 0.462. The molecule has 88 valence electrons. The number of rotatable bonds is 6. The van der Waals surface area contributed by atoms with E-state index in [4.69, 9.17) is 0 Å². The van der Waals surface area contributed by atoms with Crippen LogP contribution in [0.25, 0.3) is 0 Å². The fraction of sp³-hybridized carbons (Fsp3) is 0.571. The van der Waals surface area contributed by atoms with E-state index in [-0.39, 0.29) is 0 Å². The minimum atomic E-state index is 0.644. The molecule has 0 radical (unpaired) electrons. The van der Waals surface area contributed by atoms with E-state index in [1.807, 2.05) is 0 Å². The van der Waals surface area contributed by atoms with Crippen molar-refractivity contribution in [3.8, 4) is 0 Å². The Kier molecular flexibility index (Phi) is 4.73. The van der Waals surface area contributed by atoms with Gasteiger partial charge in [-0.2, -0.15) is 11.8 Å². The maximum Gasteiger partial charge on any atom is 0.00420 e. The second-order valence-corrected chi connectivity index (χ2v) is 5.81. The van der Waals surface area contributed by atoms with Gasteiger partial charge in [-0.1, -0.05) is 30.3 Å². The first kappa shape index (κ1) is 12.0. The van der Waals surface area contributed by atoms with Gasteiger partial charge in [-0.3, -0.25) is 0 Å². The largest absolute Gasteiger partial charge is 0.314 e. The molecule has 1 nitrogen and oxygen atoms in total. The summed E-state index contributed by atoms with van der Waals surface area (Å²) in [6.45, 7) is 3.51. The zero-order chi connectivity index (χ0) is 11.2. The van der Waals surface area contributed by atoms with E-state index >= 15 is 0 Å². The SMILES string of the molecule is CC(CCc1ccccc1)NCC1CSC1. The molecule has 0 spiro atoms. The average Bonchev–Trinajstić information content (AvgIpc) is 2.26. The normalized spacial score (nSPS) is 18.1.